The molecule has 0 saturated heterocycles. The van der Waals surface area contributed by atoms with Crippen LogP contribution in [-0.2, 0) is 0 Å². The first-order valence-electron chi connectivity index (χ1n) is 4.98. The second-order valence-corrected chi connectivity index (χ2v) is 4.46. The zero-order valence-electron chi connectivity index (χ0n) is 8.46. The summed E-state index contributed by atoms with van der Waals surface area (Å²) < 4.78 is 5.70. The Kier molecular flexibility index (Phi) is 2.23. The lowest BCUT2D eigenvalue weighted by Crippen LogP contribution is -2.10. The largest absolute Gasteiger partial charge is 0.459 e. The van der Waals surface area contributed by atoms with Gasteiger partial charge in [0, 0.05) is 17.0 Å². The van der Waals surface area contributed by atoms with Crippen molar-refractivity contribution >= 4 is 22.3 Å². The van der Waals surface area contributed by atoms with Crippen molar-refractivity contribution in [2.24, 2.45) is 5.73 Å². The first-order chi connectivity index (χ1) is 7.84. The molecule has 1 aromatic carbocycles. The van der Waals surface area contributed by atoms with Gasteiger partial charge in [0.1, 0.15) is 22.4 Å². The highest BCUT2D eigenvalue weighted by Gasteiger charge is 2.15. The minimum Gasteiger partial charge on any atom is -0.459 e. The summed E-state index contributed by atoms with van der Waals surface area (Å²) in [6.07, 6.45) is 1.75. The quantitative estimate of drug-likeness (QED) is 0.736. The van der Waals surface area contributed by atoms with E-state index in [0.29, 0.717) is 0 Å². The molecule has 0 fully saturated rings. The van der Waals surface area contributed by atoms with Crippen molar-refractivity contribution in [2.45, 2.75) is 6.04 Å². The van der Waals surface area contributed by atoms with Gasteiger partial charge in [-0.05, 0) is 12.1 Å². The summed E-state index contributed by atoms with van der Waals surface area (Å²) in [6, 6.07) is 9.58. The summed E-state index contributed by atoms with van der Waals surface area (Å²) in [6.45, 7) is 0. The second kappa shape index (κ2) is 3.73. The number of aromatic nitrogens is 1. The summed E-state index contributed by atoms with van der Waals surface area (Å²) in [7, 11) is 0. The lowest BCUT2D eigenvalue weighted by molar-refractivity contribution is 0.524. The van der Waals surface area contributed by atoms with E-state index >= 15 is 0 Å². The first-order valence-corrected chi connectivity index (χ1v) is 5.86. The van der Waals surface area contributed by atoms with Gasteiger partial charge in [-0.2, -0.15) is 0 Å². The zero-order chi connectivity index (χ0) is 11.0. The van der Waals surface area contributed by atoms with Crippen molar-refractivity contribution in [1.29, 1.82) is 0 Å². The predicted octanol–water partition coefficient (Wildman–Crippen LogP) is 2.94. The van der Waals surface area contributed by atoms with E-state index in [0.717, 1.165) is 21.7 Å². The third kappa shape index (κ3) is 1.52. The normalized spacial score (nSPS) is 13.1. The number of thiazole rings is 1. The molecule has 3 nitrogen and oxygen atoms in total. The van der Waals surface area contributed by atoms with Crippen LogP contribution in [0.25, 0.3) is 11.0 Å². The van der Waals surface area contributed by atoms with E-state index < -0.39 is 0 Å². The van der Waals surface area contributed by atoms with Crippen LogP contribution in [0.15, 0.2) is 46.3 Å². The molecule has 0 aliphatic rings. The fraction of sp³-hybridized carbons (Fsp3) is 0.0833. The van der Waals surface area contributed by atoms with Gasteiger partial charge in [-0.15, -0.1) is 11.3 Å². The maximum Gasteiger partial charge on any atom is 0.134 e. The third-order valence-corrected chi connectivity index (χ3v) is 3.33. The Morgan fingerprint density at radius 2 is 2.19 bits per heavy atom. The van der Waals surface area contributed by atoms with Gasteiger partial charge in [0.25, 0.3) is 0 Å². The molecule has 0 radical (unpaired) electrons. The predicted molar refractivity (Wildman–Crippen MR) is 64.4 cm³/mol. The SMILES string of the molecule is NC(c1cc2ccccc2o1)c1nccs1. The second-order valence-electron chi connectivity index (χ2n) is 3.53. The van der Waals surface area contributed by atoms with E-state index in [9.17, 15) is 0 Å². The van der Waals surface area contributed by atoms with Crippen LogP contribution < -0.4 is 5.73 Å². The Hall–Kier alpha value is -1.65. The Bertz CT molecular complexity index is 567. The van der Waals surface area contributed by atoms with E-state index in [-0.39, 0.29) is 6.04 Å². The van der Waals surface area contributed by atoms with Gasteiger partial charge in [-0.1, -0.05) is 18.2 Å². The molecular weight excluding hydrogens is 220 g/mol. The molecular formula is C12H10N2OS. The highest BCUT2D eigenvalue weighted by molar-refractivity contribution is 7.09. The highest BCUT2D eigenvalue weighted by Crippen LogP contribution is 2.27. The monoisotopic (exact) mass is 230 g/mol. The number of benzene rings is 1. The molecule has 2 heterocycles. The molecule has 3 rings (SSSR count). The van der Waals surface area contributed by atoms with Crippen LogP contribution in [0, 0.1) is 0 Å². The average molecular weight is 230 g/mol. The lowest BCUT2D eigenvalue weighted by Gasteiger charge is -2.03. The fourth-order valence-electron chi connectivity index (χ4n) is 1.67. The van der Waals surface area contributed by atoms with Crippen molar-refractivity contribution in [1.82, 2.24) is 4.98 Å². The minimum atomic E-state index is -0.271. The minimum absolute atomic E-state index is 0.271. The van der Waals surface area contributed by atoms with Gasteiger partial charge in [0.15, 0.2) is 0 Å². The molecule has 80 valence electrons. The van der Waals surface area contributed by atoms with Crippen molar-refractivity contribution in [3.63, 3.8) is 0 Å². The summed E-state index contributed by atoms with van der Waals surface area (Å²) in [4.78, 5) is 4.20. The standard InChI is InChI=1S/C12H10N2OS/c13-11(12-14-5-6-16-12)10-7-8-3-1-2-4-9(8)15-10/h1-7,11H,13H2. The van der Waals surface area contributed by atoms with Crippen molar-refractivity contribution in [2.75, 3.05) is 0 Å². The molecule has 0 bridgehead atoms. The fourth-order valence-corrected chi connectivity index (χ4v) is 2.31. The van der Waals surface area contributed by atoms with Gasteiger partial charge >= 0.3 is 0 Å². The summed E-state index contributed by atoms with van der Waals surface area (Å²) >= 11 is 1.54. The summed E-state index contributed by atoms with van der Waals surface area (Å²) in [5.41, 5.74) is 6.94. The van der Waals surface area contributed by atoms with Crippen LogP contribution in [0.1, 0.15) is 16.8 Å². The summed E-state index contributed by atoms with van der Waals surface area (Å²) in [5, 5.41) is 3.86. The van der Waals surface area contributed by atoms with Gasteiger partial charge in [0.05, 0.1) is 0 Å². The maximum atomic E-state index is 6.08. The van der Waals surface area contributed by atoms with E-state index in [4.69, 9.17) is 10.2 Å². The molecule has 1 atom stereocenters. The van der Waals surface area contributed by atoms with E-state index in [1.54, 1.807) is 6.20 Å². The lowest BCUT2D eigenvalue weighted by atomic mass is 10.2. The molecule has 0 aliphatic carbocycles. The number of nitrogens with zero attached hydrogens (tertiary/aromatic N) is 1. The van der Waals surface area contributed by atoms with Gasteiger partial charge in [-0.25, -0.2) is 4.98 Å². The van der Waals surface area contributed by atoms with E-state index in [1.165, 1.54) is 11.3 Å². The van der Waals surface area contributed by atoms with Crippen LogP contribution in [0.2, 0.25) is 0 Å². The molecule has 0 spiro atoms. The Labute approximate surface area is 96.5 Å². The Morgan fingerprint density at radius 3 is 2.94 bits per heavy atom. The number of fused-ring (bicyclic) bond motifs is 1. The van der Waals surface area contributed by atoms with E-state index in [1.807, 2.05) is 35.7 Å². The number of para-hydroxylation sites is 1. The highest BCUT2D eigenvalue weighted by atomic mass is 32.1. The first kappa shape index (κ1) is 9.57. The number of furan rings is 1. The molecule has 2 N–H and O–H groups in total. The maximum absolute atomic E-state index is 6.08. The van der Waals surface area contributed by atoms with Gasteiger partial charge < -0.3 is 10.2 Å². The van der Waals surface area contributed by atoms with Crippen LogP contribution in [0.3, 0.4) is 0 Å². The van der Waals surface area contributed by atoms with Crippen LogP contribution in [0.5, 0.6) is 0 Å². The average Bonchev–Trinajstić information content (AvgIpc) is 2.97. The van der Waals surface area contributed by atoms with Gasteiger partial charge in [0.2, 0.25) is 0 Å². The molecule has 16 heavy (non-hydrogen) atoms. The number of nitrogens with two attached hydrogens (primary N) is 1. The molecule has 2 aromatic heterocycles. The van der Waals surface area contributed by atoms with E-state index in [2.05, 4.69) is 4.98 Å². The molecule has 1 unspecified atom stereocenters. The topological polar surface area (TPSA) is 52.0 Å². The number of hydrogen-bond donors (Lipinski definition) is 1. The molecule has 4 heteroatoms. The van der Waals surface area contributed by atoms with Crippen molar-refractivity contribution in [3.05, 3.63) is 52.7 Å². The Morgan fingerprint density at radius 1 is 1.31 bits per heavy atom. The molecule has 3 aromatic rings. The van der Waals surface area contributed by atoms with Crippen LogP contribution in [-0.4, -0.2) is 4.98 Å². The molecule has 0 saturated carbocycles. The zero-order valence-corrected chi connectivity index (χ0v) is 9.28. The van der Waals surface area contributed by atoms with Gasteiger partial charge in [-0.3, -0.25) is 0 Å². The molecule has 0 aliphatic heterocycles. The Balaban J connectivity index is 2.06. The third-order valence-electron chi connectivity index (χ3n) is 2.47. The van der Waals surface area contributed by atoms with Crippen molar-refractivity contribution < 1.29 is 4.42 Å². The van der Waals surface area contributed by atoms with Crippen LogP contribution >= 0.6 is 11.3 Å². The van der Waals surface area contributed by atoms with Crippen molar-refractivity contribution in [3.8, 4) is 0 Å². The number of rotatable bonds is 2. The number of hydrogen-bond acceptors (Lipinski definition) is 4. The smallest absolute Gasteiger partial charge is 0.134 e. The summed E-state index contributed by atoms with van der Waals surface area (Å²) in [5.74, 6) is 0.760. The van der Waals surface area contributed by atoms with Crippen LogP contribution in [0.4, 0.5) is 0 Å². The molecule has 0 amide bonds.